The van der Waals surface area contributed by atoms with Crippen molar-refractivity contribution in [2.45, 2.75) is 44.8 Å². The zero-order valence-electron chi connectivity index (χ0n) is 7.95. The Morgan fingerprint density at radius 1 is 1.62 bits per heavy atom. The maximum Gasteiger partial charge on any atom is 0.404 e. The molecule has 0 atom stereocenters. The third kappa shape index (κ3) is 3.63. The third-order valence-electron chi connectivity index (χ3n) is 2.27. The smallest absolute Gasteiger partial charge is 0.404 e. The monoisotopic (exact) mass is 187 g/mol. The summed E-state index contributed by atoms with van der Waals surface area (Å²) in [5.41, 5.74) is 0. The van der Waals surface area contributed by atoms with Gasteiger partial charge in [-0.25, -0.2) is 4.79 Å². The molecule has 1 amide bonds. The molecular weight excluding hydrogens is 170 g/mol. The number of ether oxygens (including phenoxy) is 1. The number of unbranched alkanes of at least 4 members (excludes halogenated alkanes) is 1. The molecule has 76 valence electrons. The number of rotatable bonds is 5. The molecule has 0 unspecified atom stereocenters. The minimum atomic E-state index is -0.933. The van der Waals surface area contributed by atoms with Crippen molar-refractivity contribution in [3.05, 3.63) is 0 Å². The third-order valence-corrected chi connectivity index (χ3v) is 2.27. The molecule has 0 aromatic heterocycles. The first-order valence-electron chi connectivity index (χ1n) is 4.83. The normalized spacial score (nSPS) is 26.5. The first kappa shape index (κ1) is 10.3. The van der Waals surface area contributed by atoms with E-state index in [1.54, 1.807) is 0 Å². The van der Waals surface area contributed by atoms with Gasteiger partial charge in [0.25, 0.3) is 0 Å². The minimum absolute atomic E-state index is 0.115. The molecule has 1 aliphatic carbocycles. The van der Waals surface area contributed by atoms with Crippen LogP contribution in [0.25, 0.3) is 0 Å². The molecule has 4 heteroatoms. The number of amides is 1. The van der Waals surface area contributed by atoms with Gasteiger partial charge >= 0.3 is 6.09 Å². The summed E-state index contributed by atoms with van der Waals surface area (Å²) in [7, 11) is 0. The summed E-state index contributed by atoms with van der Waals surface area (Å²) in [6.07, 6.45) is 3.24. The fourth-order valence-corrected chi connectivity index (χ4v) is 1.39. The van der Waals surface area contributed by atoms with Crippen LogP contribution >= 0.6 is 0 Å². The molecule has 13 heavy (non-hydrogen) atoms. The van der Waals surface area contributed by atoms with Crippen LogP contribution in [0.5, 0.6) is 0 Å². The Hall–Kier alpha value is -0.770. The predicted octanol–water partition coefficient (Wildman–Crippen LogP) is 1.60. The van der Waals surface area contributed by atoms with Crippen molar-refractivity contribution >= 4 is 6.09 Å². The van der Waals surface area contributed by atoms with Crippen LogP contribution in [0.2, 0.25) is 0 Å². The quantitative estimate of drug-likeness (QED) is 0.643. The molecule has 0 saturated heterocycles. The highest BCUT2D eigenvalue weighted by Gasteiger charge is 2.30. The number of hydrogen-bond acceptors (Lipinski definition) is 2. The molecule has 1 aliphatic rings. The van der Waals surface area contributed by atoms with Crippen LogP contribution in [0.1, 0.15) is 32.6 Å². The summed E-state index contributed by atoms with van der Waals surface area (Å²) < 4.78 is 5.50. The molecule has 0 heterocycles. The van der Waals surface area contributed by atoms with Gasteiger partial charge in [-0.1, -0.05) is 13.3 Å². The van der Waals surface area contributed by atoms with E-state index in [1.165, 1.54) is 0 Å². The van der Waals surface area contributed by atoms with Crippen molar-refractivity contribution in [3.8, 4) is 0 Å². The van der Waals surface area contributed by atoms with Gasteiger partial charge in [-0.15, -0.1) is 0 Å². The van der Waals surface area contributed by atoms with Crippen molar-refractivity contribution in [3.63, 3.8) is 0 Å². The van der Waals surface area contributed by atoms with Crippen LogP contribution in [-0.2, 0) is 4.74 Å². The molecule has 1 fully saturated rings. The van der Waals surface area contributed by atoms with Crippen molar-refractivity contribution < 1.29 is 14.6 Å². The SMILES string of the molecule is CCCCOC1CC(NC(=O)O)C1. The summed E-state index contributed by atoms with van der Waals surface area (Å²) in [4.78, 5) is 10.2. The van der Waals surface area contributed by atoms with E-state index in [2.05, 4.69) is 12.2 Å². The Balaban J connectivity index is 1.95. The van der Waals surface area contributed by atoms with Crippen LogP contribution in [-0.4, -0.2) is 30.0 Å². The molecule has 4 nitrogen and oxygen atoms in total. The summed E-state index contributed by atoms with van der Waals surface area (Å²) in [5.74, 6) is 0. The van der Waals surface area contributed by atoms with Crippen LogP contribution in [0.15, 0.2) is 0 Å². The lowest BCUT2D eigenvalue weighted by Gasteiger charge is -2.34. The van der Waals surface area contributed by atoms with Crippen molar-refractivity contribution in [1.82, 2.24) is 5.32 Å². The number of carboxylic acid groups (broad SMARTS) is 1. The lowest BCUT2D eigenvalue weighted by Crippen LogP contribution is -2.47. The summed E-state index contributed by atoms with van der Waals surface area (Å²) in [6.45, 7) is 2.93. The van der Waals surface area contributed by atoms with E-state index < -0.39 is 6.09 Å². The van der Waals surface area contributed by atoms with Gasteiger partial charge in [-0.3, -0.25) is 0 Å². The Bertz CT molecular complexity index is 166. The number of carbonyl (C=O) groups is 1. The molecule has 1 rings (SSSR count). The topological polar surface area (TPSA) is 58.6 Å². The largest absolute Gasteiger partial charge is 0.465 e. The van der Waals surface area contributed by atoms with Crippen LogP contribution < -0.4 is 5.32 Å². The van der Waals surface area contributed by atoms with Gasteiger partial charge in [0.15, 0.2) is 0 Å². The van der Waals surface area contributed by atoms with Gasteiger partial charge in [0, 0.05) is 12.6 Å². The first-order chi connectivity index (χ1) is 6.22. The van der Waals surface area contributed by atoms with Crippen LogP contribution in [0.3, 0.4) is 0 Å². The maximum atomic E-state index is 10.2. The lowest BCUT2D eigenvalue weighted by molar-refractivity contribution is -0.0161. The van der Waals surface area contributed by atoms with E-state index in [0.717, 1.165) is 32.3 Å². The molecule has 0 bridgehead atoms. The van der Waals surface area contributed by atoms with Crippen molar-refractivity contribution in [1.29, 1.82) is 0 Å². The Labute approximate surface area is 78.3 Å². The predicted molar refractivity (Wildman–Crippen MR) is 48.8 cm³/mol. The average molecular weight is 187 g/mol. The summed E-state index contributed by atoms with van der Waals surface area (Å²) >= 11 is 0. The minimum Gasteiger partial charge on any atom is -0.465 e. The van der Waals surface area contributed by atoms with Crippen molar-refractivity contribution in [2.75, 3.05) is 6.61 Å². The van der Waals surface area contributed by atoms with E-state index in [-0.39, 0.29) is 12.1 Å². The average Bonchev–Trinajstić information content (AvgIpc) is 1.99. The maximum absolute atomic E-state index is 10.2. The van der Waals surface area contributed by atoms with E-state index in [4.69, 9.17) is 9.84 Å². The molecular formula is C9H17NO3. The Morgan fingerprint density at radius 2 is 2.31 bits per heavy atom. The van der Waals surface area contributed by atoms with E-state index in [9.17, 15) is 4.79 Å². The molecule has 0 aliphatic heterocycles. The molecule has 0 aromatic rings. The highest BCUT2D eigenvalue weighted by Crippen LogP contribution is 2.23. The van der Waals surface area contributed by atoms with Gasteiger partial charge in [0.05, 0.1) is 6.10 Å². The molecule has 0 aromatic carbocycles. The number of nitrogens with one attached hydrogen (secondary N) is 1. The Morgan fingerprint density at radius 3 is 2.85 bits per heavy atom. The highest BCUT2D eigenvalue weighted by atomic mass is 16.5. The highest BCUT2D eigenvalue weighted by molar-refractivity contribution is 5.65. The van der Waals surface area contributed by atoms with Gasteiger partial charge in [-0.05, 0) is 19.3 Å². The second kappa shape index (κ2) is 5.07. The summed E-state index contributed by atoms with van der Waals surface area (Å²) in [6, 6.07) is 0.115. The fraction of sp³-hybridized carbons (Fsp3) is 0.889. The van der Waals surface area contributed by atoms with E-state index >= 15 is 0 Å². The zero-order chi connectivity index (χ0) is 9.68. The molecule has 0 spiro atoms. The van der Waals surface area contributed by atoms with Gasteiger partial charge in [-0.2, -0.15) is 0 Å². The lowest BCUT2D eigenvalue weighted by atomic mass is 9.89. The second-order valence-electron chi connectivity index (χ2n) is 3.46. The van der Waals surface area contributed by atoms with E-state index in [0.29, 0.717) is 0 Å². The zero-order valence-corrected chi connectivity index (χ0v) is 7.95. The standard InChI is InChI=1S/C9H17NO3/c1-2-3-4-13-8-5-7(6-8)10-9(11)12/h7-8,10H,2-6H2,1H3,(H,11,12). The van der Waals surface area contributed by atoms with Gasteiger partial charge in [0.1, 0.15) is 0 Å². The summed E-state index contributed by atoms with van der Waals surface area (Å²) in [5, 5.41) is 10.8. The van der Waals surface area contributed by atoms with Crippen molar-refractivity contribution in [2.24, 2.45) is 0 Å². The van der Waals surface area contributed by atoms with E-state index in [1.807, 2.05) is 0 Å². The van der Waals surface area contributed by atoms with Gasteiger partial charge < -0.3 is 15.2 Å². The second-order valence-corrected chi connectivity index (χ2v) is 3.46. The first-order valence-corrected chi connectivity index (χ1v) is 4.83. The number of hydrogen-bond donors (Lipinski definition) is 2. The molecule has 0 radical (unpaired) electrons. The van der Waals surface area contributed by atoms with Gasteiger partial charge in [0.2, 0.25) is 0 Å². The fourth-order valence-electron chi connectivity index (χ4n) is 1.39. The van der Waals surface area contributed by atoms with Crippen LogP contribution in [0.4, 0.5) is 4.79 Å². The molecule has 2 N–H and O–H groups in total. The Kier molecular flexibility index (Phi) is 4.02. The molecule has 1 saturated carbocycles. The van der Waals surface area contributed by atoms with Crippen LogP contribution in [0, 0.1) is 0 Å².